The SMILES string of the molecule is CC(C)NC(=S)N[C@H](C)c1ccccn1. The minimum atomic E-state index is 0.130. The largest absolute Gasteiger partial charge is 0.361 e. The first-order chi connectivity index (χ1) is 7.09. The van der Waals surface area contributed by atoms with E-state index in [1.54, 1.807) is 6.20 Å². The zero-order chi connectivity index (χ0) is 11.3. The van der Waals surface area contributed by atoms with Crippen molar-refractivity contribution < 1.29 is 0 Å². The summed E-state index contributed by atoms with van der Waals surface area (Å²) in [6.07, 6.45) is 1.78. The van der Waals surface area contributed by atoms with Crippen LogP contribution in [0.15, 0.2) is 24.4 Å². The molecule has 0 fully saturated rings. The maximum atomic E-state index is 5.16. The summed E-state index contributed by atoms with van der Waals surface area (Å²) in [5, 5.41) is 6.99. The zero-order valence-corrected chi connectivity index (χ0v) is 10.1. The maximum absolute atomic E-state index is 5.16. The van der Waals surface area contributed by atoms with Gasteiger partial charge in [-0.15, -0.1) is 0 Å². The van der Waals surface area contributed by atoms with Gasteiger partial charge < -0.3 is 10.6 Å². The van der Waals surface area contributed by atoms with Gasteiger partial charge >= 0.3 is 0 Å². The lowest BCUT2D eigenvalue weighted by molar-refractivity contribution is 0.651. The summed E-state index contributed by atoms with van der Waals surface area (Å²) in [6, 6.07) is 6.33. The van der Waals surface area contributed by atoms with Crippen molar-refractivity contribution in [3.63, 3.8) is 0 Å². The van der Waals surface area contributed by atoms with Gasteiger partial charge in [0.15, 0.2) is 5.11 Å². The summed E-state index contributed by atoms with van der Waals surface area (Å²) in [5.41, 5.74) is 0.991. The highest BCUT2D eigenvalue weighted by molar-refractivity contribution is 7.80. The number of thiocarbonyl (C=S) groups is 1. The van der Waals surface area contributed by atoms with E-state index in [-0.39, 0.29) is 6.04 Å². The Hall–Kier alpha value is -1.16. The minimum absolute atomic E-state index is 0.130. The highest BCUT2D eigenvalue weighted by Crippen LogP contribution is 2.07. The van der Waals surface area contributed by atoms with Crippen molar-refractivity contribution in [2.75, 3.05) is 0 Å². The third kappa shape index (κ3) is 4.25. The lowest BCUT2D eigenvalue weighted by Crippen LogP contribution is -2.40. The van der Waals surface area contributed by atoms with Crippen LogP contribution in [-0.2, 0) is 0 Å². The summed E-state index contributed by atoms with van der Waals surface area (Å²) < 4.78 is 0. The Balaban J connectivity index is 2.49. The molecule has 1 aromatic rings. The fraction of sp³-hybridized carbons (Fsp3) is 0.455. The van der Waals surface area contributed by atoms with E-state index in [0.29, 0.717) is 11.2 Å². The fourth-order valence-corrected chi connectivity index (χ4v) is 1.62. The van der Waals surface area contributed by atoms with Crippen molar-refractivity contribution in [1.82, 2.24) is 15.6 Å². The first kappa shape index (κ1) is 11.9. The molecule has 0 bridgehead atoms. The van der Waals surface area contributed by atoms with Gasteiger partial charge in [0.1, 0.15) is 0 Å². The summed E-state index contributed by atoms with van der Waals surface area (Å²) in [5.74, 6) is 0. The van der Waals surface area contributed by atoms with E-state index in [9.17, 15) is 0 Å². The van der Waals surface area contributed by atoms with E-state index in [4.69, 9.17) is 12.2 Å². The van der Waals surface area contributed by atoms with Gasteiger partial charge in [-0.05, 0) is 45.1 Å². The van der Waals surface area contributed by atoms with Crippen molar-refractivity contribution >= 4 is 17.3 Å². The van der Waals surface area contributed by atoms with Crippen molar-refractivity contribution in [2.45, 2.75) is 32.9 Å². The second-order valence-electron chi connectivity index (χ2n) is 3.75. The number of hydrogen-bond donors (Lipinski definition) is 2. The van der Waals surface area contributed by atoms with Gasteiger partial charge in [0.2, 0.25) is 0 Å². The molecule has 0 spiro atoms. The Morgan fingerprint density at radius 3 is 2.53 bits per heavy atom. The zero-order valence-electron chi connectivity index (χ0n) is 9.32. The molecule has 0 amide bonds. The van der Waals surface area contributed by atoms with E-state index in [2.05, 4.69) is 29.5 Å². The molecule has 0 saturated carbocycles. The molecule has 1 rings (SSSR count). The molecule has 0 radical (unpaired) electrons. The molecule has 0 unspecified atom stereocenters. The topological polar surface area (TPSA) is 37.0 Å². The van der Waals surface area contributed by atoms with Crippen LogP contribution in [-0.4, -0.2) is 16.1 Å². The molecule has 0 aliphatic rings. The van der Waals surface area contributed by atoms with Gasteiger partial charge in [0.25, 0.3) is 0 Å². The van der Waals surface area contributed by atoms with E-state index >= 15 is 0 Å². The molecule has 0 aliphatic carbocycles. The highest BCUT2D eigenvalue weighted by Gasteiger charge is 2.07. The van der Waals surface area contributed by atoms with Crippen LogP contribution in [0, 0.1) is 0 Å². The second kappa shape index (κ2) is 5.66. The van der Waals surface area contributed by atoms with E-state index in [1.165, 1.54) is 0 Å². The highest BCUT2D eigenvalue weighted by atomic mass is 32.1. The lowest BCUT2D eigenvalue weighted by Gasteiger charge is -2.18. The number of nitrogens with one attached hydrogen (secondary N) is 2. The van der Waals surface area contributed by atoms with Crippen LogP contribution >= 0.6 is 12.2 Å². The predicted octanol–water partition coefficient (Wildman–Crippen LogP) is 2.02. The van der Waals surface area contributed by atoms with Crippen molar-refractivity contribution in [1.29, 1.82) is 0 Å². The second-order valence-corrected chi connectivity index (χ2v) is 4.16. The van der Waals surface area contributed by atoms with E-state index < -0.39 is 0 Å². The standard InChI is InChI=1S/C11H17N3S/c1-8(2)13-11(15)14-9(3)10-6-4-5-7-12-10/h4-9H,1-3H3,(H2,13,14,15)/t9-/m1/s1. The molecule has 15 heavy (non-hydrogen) atoms. The lowest BCUT2D eigenvalue weighted by atomic mass is 10.2. The fourth-order valence-electron chi connectivity index (χ4n) is 1.21. The minimum Gasteiger partial charge on any atom is -0.361 e. The third-order valence-electron chi connectivity index (χ3n) is 1.90. The molecule has 0 saturated heterocycles. The normalized spacial score (nSPS) is 12.3. The average Bonchev–Trinajstić information content (AvgIpc) is 2.17. The van der Waals surface area contributed by atoms with Crippen LogP contribution in [0.5, 0.6) is 0 Å². The van der Waals surface area contributed by atoms with Gasteiger partial charge in [-0.3, -0.25) is 4.98 Å². The average molecular weight is 223 g/mol. The Labute approximate surface area is 96.3 Å². The molecule has 4 heteroatoms. The Morgan fingerprint density at radius 1 is 1.27 bits per heavy atom. The number of nitrogens with zero attached hydrogens (tertiary/aromatic N) is 1. The number of aromatic nitrogens is 1. The maximum Gasteiger partial charge on any atom is 0.167 e. The van der Waals surface area contributed by atoms with Crippen LogP contribution in [0.3, 0.4) is 0 Å². The number of hydrogen-bond acceptors (Lipinski definition) is 2. The monoisotopic (exact) mass is 223 g/mol. The van der Waals surface area contributed by atoms with Gasteiger partial charge in [-0.2, -0.15) is 0 Å². The molecule has 2 N–H and O–H groups in total. The smallest absolute Gasteiger partial charge is 0.167 e. The Bertz CT molecular complexity index is 311. The van der Waals surface area contributed by atoms with Crippen LogP contribution in [0.4, 0.5) is 0 Å². The van der Waals surface area contributed by atoms with Gasteiger partial charge in [-0.25, -0.2) is 0 Å². The first-order valence-corrected chi connectivity index (χ1v) is 5.48. The molecule has 3 nitrogen and oxygen atoms in total. The molecule has 1 heterocycles. The summed E-state index contributed by atoms with van der Waals surface area (Å²) in [7, 11) is 0. The summed E-state index contributed by atoms with van der Waals surface area (Å²) >= 11 is 5.16. The molecular weight excluding hydrogens is 206 g/mol. The molecule has 0 aliphatic heterocycles. The molecule has 1 aromatic heterocycles. The molecule has 82 valence electrons. The van der Waals surface area contributed by atoms with Crippen LogP contribution < -0.4 is 10.6 Å². The van der Waals surface area contributed by atoms with Crippen molar-refractivity contribution in [3.8, 4) is 0 Å². The number of rotatable bonds is 3. The van der Waals surface area contributed by atoms with Gasteiger partial charge in [-0.1, -0.05) is 6.07 Å². The van der Waals surface area contributed by atoms with Crippen LogP contribution in [0.1, 0.15) is 32.5 Å². The van der Waals surface area contributed by atoms with E-state index in [1.807, 2.05) is 25.1 Å². The molecular formula is C11H17N3S. The van der Waals surface area contributed by atoms with E-state index in [0.717, 1.165) is 5.69 Å². The van der Waals surface area contributed by atoms with Crippen molar-refractivity contribution in [2.24, 2.45) is 0 Å². The molecule has 1 atom stereocenters. The van der Waals surface area contributed by atoms with Crippen LogP contribution in [0.2, 0.25) is 0 Å². The van der Waals surface area contributed by atoms with Gasteiger partial charge in [0, 0.05) is 12.2 Å². The first-order valence-electron chi connectivity index (χ1n) is 5.07. The summed E-state index contributed by atoms with van der Waals surface area (Å²) in [4.78, 5) is 4.26. The summed E-state index contributed by atoms with van der Waals surface area (Å²) in [6.45, 7) is 6.15. The predicted molar refractivity (Wildman–Crippen MR) is 66.7 cm³/mol. The molecule has 0 aromatic carbocycles. The van der Waals surface area contributed by atoms with Crippen LogP contribution in [0.25, 0.3) is 0 Å². The third-order valence-corrected chi connectivity index (χ3v) is 2.13. The quantitative estimate of drug-likeness (QED) is 0.769. The Morgan fingerprint density at radius 2 is 2.00 bits per heavy atom. The number of pyridine rings is 1. The Kier molecular flexibility index (Phi) is 4.49. The van der Waals surface area contributed by atoms with Gasteiger partial charge in [0.05, 0.1) is 11.7 Å². The van der Waals surface area contributed by atoms with Crippen molar-refractivity contribution in [3.05, 3.63) is 30.1 Å².